The quantitative estimate of drug-likeness (QED) is 0.484. The standard InChI is InChI=1S/C20H18O4S/c1-22-16-10-8-13(11-17(16)23-2)7-9-14-5-4-6-18-15(14)12-19(25-18)20(21)24-3/h4-12H,1-3H3/b9-7+. The van der Waals surface area contributed by atoms with Crippen LogP contribution in [0.25, 0.3) is 22.2 Å². The molecule has 0 amide bonds. The Labute approximate surface area is 150 Å². The lowest BCUT2D eigenvalue weighted by atomic mass is 10.1. The van der Waals surface area contributed by atoms with Crippen LogP contribution in [0.4, 0.5) is 0 Å². The molecule has 3 aromatic rings. The zero-order valence-electron chi connectivity index (χ0n) is 14.2. The summed E-state index contributed by atoms with van der Waals surface area (Å²) in [6, 6.07) is 13.6. The first-order valence-corrected chi connectivity index (χ1v) is 8.49. The molecule has 4 nitrogen and oxygen atoms in total. The Morgan fingerprint density at radius 2 is 1.76 bits per heavy atom. The van der Waals surface area contributed by atoms with Crippen LogP contribution in [-0.4, -0.2) is 27.3 Å². The zero-order chi connectivity index (χ0) is 17.8. The van der Waals surface area contributed by atoms with Crippen LogP contribution in [0, 0.1) is 0 Å². The number of hydrogen-bond acceptors (Lipinski definition) is 5. The average Bonchev–Trinajstić information content (AvgIpc) is 3.10. The maximum Gasteiger partial charge on any atom is 0.348 e. The second-order valence-electron chi connectivity index (χ2n) is 5.31. The van der Waals surface area contributed by atoms with E-state index in [1.807, 2.05) is 54.6 Å². The van der Waals surface area contributed by atoms with Crippen LogP contribution in [-0.2, 0) is 4.74 Å². The van der Waals surface area contributed by atoms with Crippen molar-refractivity contribution >= 4 is 39.5 Å². The fraction of sp³-hybridized carbons (Fsp3) is 0.150. The zero-order valence-corrected chi connectivity index (χ0v) is 15.1. The van der Waals surface area contributed by atoms with Crippen LogP contribution < -0.4 is 9.47 Å². The molecule has 0 bridgehead atoms. The summed E-state index contributed by atoms with van der Waals surface area (Å²) in [5, 5.41) is 1.03. The molecule has 128 valence electrons. The van der Waals surface area contributed by atoms with Gasteiger partial charge in [0.1, 0.15) is 4.88 Å². The van der Waals surface area contributed by atoms with Crippen LogP contribution in [0.3, 0.4) is 0 Å². The van der Waals surface area contributed by atoms with Crippen molar-refractivity contribution in [1.82, 2.24) is 0 Å². The van der Waals surface area contributed by atoms with Gasteiger partial charge < -0.3 is 14.2 Å². The van der Waals surface area contributed by atoms with Gasteiger partial charge in [0.25, 0.3) is 0 Å². The summed E-state index contributed by atoms with van der Waals surface area (Å²) in [6.45, 7) is 0. The van der Waals surface area contributed by atoms with Crippen molar-refractivity contribution in [3.05, 3.63) is 58.5 Å². The third-order valence-corrected chi connectivity index (χ3v) is 4.93. The van der Waals surface area contributed by atoms with Gasteiger partial charge in [0, 0.05) is 10.1 Å². The minimum absolute atomic E-state index is 0.309. The highest BCUT2D eigenvalue weighted by Gasteiger charge is 2.11. The number of ether oxygens (including phenoxy) is 3. The number of benzene rings is 2. The highest BCUT2D eigenvalue weighted by Crippen LogP contribution is 2.31. The number of carbonyl (C=O) groups is 1. The molecule has 0 spiro atoms. The maximum atomic E-state index is 11.7. The predicted octanol–water partition coefficient (Wildman–Crippen LogP) is 4.88. The lowest BCUT2D eigenvalue weighted by molar-refractivity contribution is 0.0606. The Hall–Kier alpha value is -2.79. The van der Waals surface area contributed by atoms with Gasteiger partial charge in [0.15, 0.2) is 11.5 Å². The number of rotatable bonds is 5. The SMILES string of the molecule is COC(=O)c1cc2c(/C=C/c3ccc(OC)c(OC)c3)cccc2s1. The second-order valence-corrected chi connectivity index (χ2v) is 6.39. The molecule has 0 N–H and O–H groups in total. The average molecular weight is 354 g/mol. The minimum Gasteiger partial charge on any atom is -0.493 e. The van der Waals surface area contributed by atoms with E-state index < -0.39 is 0 Å². The van der Waals surface area contributed by atoms with Crippen LogP contribution in [0.2, 0.25) is 0 Å². The highest BCUT2D eigenvalue weighted by atomic mass is 32.1. The van der Waals surface area contributed by atoms with E-state index in [-0.39, 0.29) is 5.97 Å². The molecule has 2 aromatic carbocycles. The van der Waals surface area contributed by atoms with Gasteiger partial charge in [-0.1, -0.05) is 30.4 Å². The number of thiophene rings is 1. The molecule has 0 aliphatic rings. The van der Waals surface area contributed by atoms with E-state index in [1.54, 1.807) is 14.2 Å². The Kier molecular flexibility index (Phi) is 5.05. The van der Waals surface area contributed by atoms with E-state index in [9.17, 15) is 4.79 Å². The Balaban J connectivity index is 1.96. The van der Waals surface area contributed by atoms with Crippen LogP contribution in [0.15, 0.2) is 42.5 Å². The minimum atomic E-state index is -0.309. The summed E-state index contributed by atoms with van der Waals surface area (Å²) < 4.78 is 16.4. The molecule has 0 saturated carbocycles. The third-order valence-electron chi connectivity index (χ3n) is 3.84. The van der Waals surface area contributed by atoms with Crippen molar-refractivity contribution in [2.45, 2.75) is 0 Å². The Morgan fingerprint density at radius 3 is 2.48 bits per heavy atom. The number of fused-ring (bicyclic) bond motifs is 1. The van der Waals surface area contributed by atoms with Gasteiger partial charge in [-0.2, -0.15) is 0 Å². The molecule has 0 fully saturated rings. The van der Waals surface area contributed by atoms with Crippen molar-refractivity contribution in [1.29, 1.82) is 0 Å². The van der Waals surface area contributed by atoms with Crippen molar-refractivity contribution in [2.24, 2.45) is 0 Å². The number of methoxy groups -OCH3 is 3. The monoisotopic (exact) mass is 354 g/mol. The smallest absolute Gasteiger partial charge is 0.348 e. The summed E-state index contributed by atoms with van der Waals surface area (Å²) in [7, 11) is 4.62. The fourth-order valence-electron chi connectivity index (χ4n) is 2.57. The normalized spacial score (nSPS) is 11.0. The molecule has 0 unspecified atom stereocenters. The molecule has 0 aliphatic heterocycles. The first kappa shape index (κ1) is 17.0. The van der Waals surface area contributed by atoms with Crippen molar-refractivity contribution in [2.75, 3.05) is 21.3 Å². The third kappa shape index (κ3) is 3.51. The molecule has 5 heteroatoms. The first-order valence-electron chi connectivity index (χ1n) is 7.67. The summed E-state index contributed by atoms with van der Waals surface area (Å²) in [4.78, 5) is 12.4. The molecule has 0 atom stereocenters. The van der Waals surface area contributed by atoms with E-state index in [1.165, 1.54) is 18.4 Å². The molecular weight excluding hydrogens is 336 g/mol. The van der Waals surface area contributed by atoms with Gasteiger partial charge >= 0.3 is 5.97 Å². The van der Waals surface area contributed by atoms with Gasteiger partial charge in [-0.05, 0) is 35.4 Å². The van der Waals surface area contributed by atoms with E-state index in [2.05, 4.69) is 0 Å². The summed E-state index contributed by atoms with van der Waals surface area (Å²) in [5.41, 5.74) is 2.04. The lowest BCUT2D eigenvalue weighted by Gasteiger charge is -2.07. The lowest BCUT2D eigenvalue weighted by Crippen LogP contribution is -1.96. The number of esters is 1. The summed E-state index contributed by atoms with van der Waals surface area (Å²) >= 11 is 1.43. The van der Waals surface area contributed by atoms with E-state index >= 15 is 0 Å². The van der Waals surface area contributed by atoms with Gasteiger partial charge in [0.05, 0.1) is 21.3 Å². The highest BCUT2D eigenvalue weighted by molar-refractivity contribution is 7.20. The molecule has 3 rings (SSSR count). The van der Waals surface area contributed by atoms with Crippen molar-refractivity contribution in [3.8, 4) is 11.5 Å². The molecular formula is C20H18O4S. The van der Waals surface area contributed by atoms with Crippen molar-refractivity contribution < 1.29 is 19.0 Å². The Bertz CT molecular complexity index is 940. The van der Waals surface area contributed by atoms with Crippen LogP contribution in [0.1, 0.15) is 20.8 Å². The largest absolute Gasteiger partial charge is 0.493 e. The predicted molar refractivity (Wildman–Crippen MR) is 102 cm³/mol. The molecule has 0 radical (unpaired) electrons. The molecule has 1 aromatic heterocycles. The van der Waals surface area contributed by atoms with E-state index in [0.29, 0.717) is 16.4 Å². The van der Waals surface area contributed by atoms with Gasteiger partial charge in [-0.15, -0.1) is 11.3 Å². The second kappa shape index (κ2) is 7.40. The molecule has 25 heavy (non-hydrogen) atoms. The van der Waals surface area contributed by atoms with Crippen LogP contribution >= 0.6 is 11.3 Å². The van der Waals surface area contributed by atoms with Crippen molar-refractivity contribution in [3.63, 3.8) is 0 Å². The van der Waals surface area contributed by atoms with Gasteiger partial charge in [-0.25, -0.2) is 4.79 Å². The van der Waals surface area contributed by atoms with Gasteiger partial charge in [-0.3, -0.25) is 0 Å². The van der Waals surface area contributed by atoms with E-state index in [0.717, 1.165) is 21.2 Å². The Morgan fingerprint density at radius 1 is 0.960 bits per heavy atom. The first-order chi connectivity index (χ1) is 12.2. The maximum absolute atomic E-state index is 11.7. The number of hydrogen-bond donors (Lipinski definition) is 0. The topological polar surface area (TPSA) is 44.8 Å². The number of carbonyl (C=O) groups excluding carboxylic acids is 1. The summed E-state index contributed by atoms with van der Waals surface area (Å²) in [5.74, 6) is 1.07. The molecule has 0 aliphatic carbocycles. The van der Waals surface area contributed by atoms with E-state index in [4.69, 9.17) is 14.2 Å². The van der Waals surface area contributed by atoms with Crippen LogP contribution in [0.5, 0.6) is 11.5 Å². The molecule has 1 heterocycles. The fourth-order valence-corrected chi connectivity index (χ4v) is 3.59. The summed E-state index contributed by atoms with van der Waals surface area (Å²) in [6.07, 6.45) is 4.03. The molecule has 0 saturated heterocycles. The van der Waals surface area contributed by atoms with Gasteiger partial charge in [0.2, 0.25) is 0 Å².